The number of hydrogen-bond donors (Lipinski definition) is 0. The number of anilines is 2. The predicted octanol–water partition coefficient (Wildman–Crippen LogP) is 2.29. The zero-order valence-electron chi connectivity index (χ0n) is 16.3. The van der Waals surface area contributed by atoms with Crippen molar-refractivity contribution in [1.29, 1.82) is 0 Å². The summed E-state index contributed by atoms with van der Waals surface area (Å²) < 4.78 is 5.22. The van der Waals surface area contributed by atoms with Crippen LogP contribution in [0.1, 0.15) is 24.3 Å². The number of methoxy groups -OCH3 is 1. The molecule has 0 spiro atoms. The predicted molar refractivity (Wildman–Crippen MR) is 107 cm³/mol. The van der Waals surface area contributed by atoms with E-state index in [9.17, 15) is 4.79 Å². The summed E-state index contributed by atoms with van der Waals surface area (Å²) in [4.78, 5) is 27.7. The Morgan fingerprint density at radius 1 is 1.04 bits per heavy atom. The quantitative estimate of drug-likeness (QED) is 0.779. The molecular weight excluding hydrogens is 342 g/mol. The summed E-state index contributed by atoms with van der Waals surface area (Å²) in [6.45, 7) is 8.69. The molecule has 0 atom stereocenters. The second-order valence-corrected chi connectivity index (χ2v) is 6.39. The van der Waals surface area contributed by atoms with Gasteiger partial charge in [-0.25, -0.2) is 9.97 Å². The molecule has 7 nitrogen and oxygen atoms in total. The molecule has 0 bridgehead atoms. The molecule has 0 radical (unpaired) electrons. The molecule has 1 saturated heterocycles. The van der Waals surface area contributed by atoms with Crippen molar-refractivity contribution >= 4 is 17.5 Å². The van der Waals surface area contributed by atoms with Gasteiger partial charge in [-0.3, -0.25) is 4.79 Å². The number of aromatic nitrogens is 2. The van der Waals surface area contributed by atoms with E-state index in [2.05, 4.69) is 31.9 Å². The first kappa shape index (κ1) is 18.9. The molecule has 7 heteroatoms. The SMILES string of the molecule is CCN(CC)C(=O)c1ccnc(N2CCN(c3ccc(OC)cc3)CC2)n1. The number of hydrogen-bond acceptors (Lipinski definition) is 6. The minimum atomic E-state index is -0.0412. The molecule has 2 heterocycles. The number of ether oxygens (including phenoxy) is 1. The molecule has 0 saturated carbocycles. The lowest BCUT2D eigenvalue weighted by Crippen LogP contribution is -2.47. The molecule has 1 fully saturated rings. The van der Waals surface area contributed by atoms with E-state index in [1.54, 1.807) is 24.3 Å². The van der Waals surface area contributed by atoms with E-state index in [-0.39, 0.29) is 5.91 Å². The zero-order chi connectivity index (χ0) is 19.2. The van der Waals surface area contributed by atoms with E-state index >= 15 is 0 Å². The first-order chi connectivity index (χ1) is 13.2. The third-order valence-electron chi connectivity index (χ3n) is 4.91. The summed E-state index contributed by atoms with van der Waals surface area (Å²) in [5, 5.41) is 0. The standard InChI is InChI=1S/C20H27N5O2/c1-4-23(5-2)19(26)18-10-11-21-20(22-18)25-14-12-24(13-15-25)16-6-8-17(27-3)9-7-16/h6-11H,4-5,12-15H2,1-3H3. The van der Waals surface area contributed by atoms with Gasteiger partial charge < -0.3 is 19.4 Å². The highest BCUT2D eigenvalue weighted by atomic mass is 16.5. The van der Waals surface area contributed by atoms with Crippen molar-refractivity contribution in [2.75, 3.05) is 56.2 Å². The molecule has 27 heavy (non-hydrogen) atoms. The fourth-order valence-corrected chi connectivity index (χ4v) is 3.25. The third-order valence-corrected chi connectivity index (χ3v) is 4.91. The molecule has 3 rings (SSSR count). The minimum absolute atomic E-state index is 0.0412. The summed E-state index contributed by atoms with van der Waals surface area (Å²) in [7, 11) is 1.67. The zero-order valence-corrected chi connectivity index (χ0v) is 16.3. The Morgan fingerprint density at radius 3 is 2.26 bits per heavy atom. The van der Waals surface area contributed by atoms with Gasteiger partial charge in [0.1, 0.15) is 11.4 Å². The molecule has 1 aliphatic rings. The molecule has 1 aromatic carbocycles. The largest absolute Gasteiger partial charge is 0.497 e. The Kier molecular flexibility index (Phi) is 6.11. The normalized spacial score (nSPS) is 14.2. The van der Waals surface area contributed by atoms with Crippen LogP contribution in [-0.2, 0) is 0 Å². The van der Waals surface area contributed by atoms with Gasteiger partial charge in [-0.15, -0.1) is 0 Å². The van der Waals surface area contributed by atoms with Crippen LogP contribution in [0.2, 0.25) is 0 Å². The van der Waals surface area contributed by atoms with Gasteiger partial charge in [0.15, 0.2) is 0 Å². The fraction of sp³-hybridized carbons (Fsp3) is 0.450. The van der Waals surface area contributed by atoms with Gasteiger partial charge in [0, 0.05) is 51.2 Å². The van der Waals surface area contributed by atoms with Crippen LogP contribution in [0, 0.1) is 0 Å². The maximum absolute atomic E-state index is 12.5. The summed E-state index contributed by atoms with van der Waals surface area (Å²) in [5.74, 6) is 1.45. The number of nitrogens with zero attached hydrogens (tertiary/aromatic N) is 5. The maximum atomic E-state index is 12.5. The Balaban J connectivity index is 1.65. The average molecular weight is 369 g/mol. The number of piperazine rings is 1. The van der Waals surface area contributed by atoms with Crippen molar-refractivity contribution < 1.29 is 9.53 Å². The van der Waals surface area contributed by atoms with Crippen LogP contribution in [0.25, 0.3) is 0 Å². The Labute approximate surface area is 160 Å². The molecule has 0 N–H and O–H groups in total. The van der Waals surface area contributed by atoms with Gasteiger partial charge >= 0.3 is 0 Å². The van der Waals surface area contributed by atoms with E-state index in [1.165, 1.54) is 5.69 Å². The summed E-state index contributed by atoms with van der Waals surface area (Å²) in [5.41, 5.74) is 1.64. The molecule has 0 aliphatic carbocycles. The number of benzene rings is 1. The van der Waals surface area contributed by atoms with Crippen LogP contribution in [0.4, 0.5) is 11.6 Å². The monoisotopic (exact) mass is 369 g/mol. The van der Waals surface area contributed by atoms with Crippen molar-refractivity contribution in [1.82, 2.24) is 14.9 Å². The van der Waals surface area contributed by atoms with Crippen LogP contribution in [0.5, 0.6) is 5.75 Å². The number of carbonyl (C=O) groups is 1. The molecule has 1 aromatic heterocycles. The maximum Gasteiger partial charge on any atom is 0.272 e. The topological polar surface area (TPSA) is 61.8 Å². The fourth-order valence-electron chi connectivity index (χ4n) is 3.25. The van der Waals surface area contributed by atoms with Crippen molar-refractivity contribution in [2.24, 2.45) is 0 Å². The van der Waals surface area contributed by atoms with Crippen LogP contribution < -0.4 is 14.5 Å². The molecule has 1 amide bonds. The van der Waals surface area contributed by atoms with E-state index in [4.69, 9.17) is 4.74 Å². The lowest BCUT2D eigenvalue weighted by molar-refractivity contribution is 0.0767. The van der Waals surface area contributed by atoms with Crippen LogP contribution >= 0.6 is 0 Å². The second-order valence-electron chi connectivity index (χ2n) is 6.39. The number of rotatable bonds is 6. The van der Waals surface area contributed by atoms with Gasteiger partial charge in [0.25, 0.3) is 5.91 Å². The molecule has 1 aliphatic heterocycles. The highest BCUT2D eigenvalue weighted by Crippen LogP contribution is 2.21. The van der Waals surface area contributed by atoms with E-state index < -0.39 is 0 Å². The van der Waals surface area contributed by atoms with Crippen molar-refractivity contribution in [2.45, 2.75) is 13.8 Å². The minimum Gasteiger partial charge on any atom is -0.497 e. The van der Waals surface area contributed by atoms with Crippen LogP contribution in [-0.4, -0.2) is 67.2 Å². The highest BCUT2D eigenvalue weighted by Gasteiger charge is 2.21. The van der Waals surface area contributed by atoms with Crippen molar-refractivity contribution in [3.8, 4) is 5.75 Å². The molecule has 2 aromatic rings. The summed E-state index contributed by atoms with van der Waals surface area (Å²) in [6, 6.07) is 9.81. The Morgan fingerprint density at radius 2 is 1.67 bits per heavy atom. The first-order valence-corrected chi connectivity index (χ1v) is 9.42. The summed E-state index contributed by atoms with van der Waals surface area (Å²) >= 11 is 0. The first-order valence-electron chi connectivity index (χ1n) is 9.42. The average Bonchev–Trinajstić information content (AvgIpc) is 2.75. The van der Waals surface area contributed by atoms with Gasteiger partial charge in [0.05, 0.1) is 7.11 Å². The molecule has 0 unspecified atom stereocenters. The van der Waals surface area contributed by atoms with Crippen LogP contribution in [0.3, 0.4) is 0 Å². The van der Waals surface area contributed by atoms with Gasteiger partial charge in [-0.05, 0) is 44.2 Å². The molecular formula is C20H27N5O2. The van der Waals surface area contributed by atoms with E-state index in [0.717, 1.165) is 31.9 Å². The lowest BCUT2D eigenvalue weighted by Gasteiger charge is -2.36. The Bertz CT molecular complexity index is 753. The number of carbonyl (C=O) groups excluding carboxylic acids is 1. The Hall–Kier alpha value is -2.83. The van der Waals surface area contributed by atoms with E-state index in [1.807, 2.05) is 26.0 Å². The van der Waals surface area contributed by atoms with E-state index in [0.29, 0.717) is 24.7 Å². The smallest absolute Gasteiger partial charge is 0.272 e. The summed E-state index contributed by atoms with van der Waals surface area (Å²) in [6.07, 6.45) is 1.68. The van der Waals surface area contributed by atoms with Gasteiger partial charge in [-0.2, -0.15) is 0 Å². The van der Waals surface area contributed by atoms with Gasteiger partial charge in [0.2, 0.25) is 5.95 Å². The third kappa shape index (κ3) is 4.30. The van der Waals surface area contributed by atoms with Gasteiger partial charge in [-0.1, -0.05) is 0 Å². The number of amides is 1. The van der Waals surface area contributed by atoms with Crippen molar-refractivity contribution in [3.05, 3.63) is 42.2 Å². The second kappa shape index (κ2) is 8.70. The molecule has 144 valence electrons. The lowest BCUT2D eigenvalue weighted by atomic mass is 10.2. The van der Waals surface area contributed by atoms with Crippen LogP contribution in [0.15, 0.2) is 36.5 Å². The highest BCUT2D eigenvalue weighted by molar-refractivity contribution is 5.92. The van der Waals surface area contributed by atoms with Crippen molar-refractivity contribution in [3.63, 3.8) is 0 Å².